The van der Waals surface area contributed by atoms with Gasteiger partial charge in [0.05, 0.1) is 6.20 Å². The van der Waals surface area contributed by atoms with E-state index in [4.69, 9.17) is 9.15 Å². The monoisotopic (exact) mass is 383 g/mol. The Morgan fingerprint density at radius 1 is 1.21 bits per heavy atom. The van der Waals surface area contributed by atoms with E-state index in [1.54, 1.807) is 17.3 Å². The molecule has 144 valence electrons. The zero-order valence-electron chi connectivity index (χ0n) is 15.0. The number of carbonyl (C=O) groups is 1. The van der Waals surface area contributed by atoms with Crippen LogP contribution in [0.2, 0.25) is 0 Å². The van der Waals surface area contributed by atoms with Crippen molar-refractivity contribution in [2.75, 3.05) is 13.2 Å². The molecule has 9 heteroatoms. The van der Waals surface area contributed by atoms with Gasteiger partial charge in [-0.25, -0.2) is 9.37 Å². The summed E-state index contributed by atoms with van der Waals surface area (Å²) >= 11 is 0. The number of piperidine rings is 1. The molecule has 0 saturated carbocycles. The van der Waals surface area contributed by atoms with Crippen LogP contribution in [0.15, 0.2) is 47.3 Å². The predicted octanol–water partition coefficient (Wildman–Crippen LogP) is 2.80. The summed E-state index contributed by atoms with van der Waals surface area (Å²) in [5.41, 5.74) is 0.481. The van der Waals surface area contributed by atoms with Crippen LogP contribution >= 0.6 is 0 Å². The lowest BCUT2D eigenvalue weighted by molar-refractivity contribution is -0.137. The number of amides is 1. The summed E-state index contributed by atoms with van der Waals surface area (Å²) in [7, 11) is 0. The summed E-state index contributed by atoms with van der Waals surface area (Å²) in [6.45, 7) is 0.437. The van der Waals surface area contributed by atoms with Crippen LogP contribution in [-0.2, 0) is 4.79 Å². The number of benzene rings is 1. The van der Waals surface area contributed by atoms with Crippen molar-refractivity contribution in [3.8, 4) is 17.3 Å². The summed E-state index contributed by atoms with van der Waals surface area (Å²) in [6.07, 6.45) is 7.22. The Labute approximate surface area is 160 Å². The van der Waals surface area contributed by atoms with E-state index in [-0.39, 0.29) is 30.3 Å². The smallest absolute Gasteiger partial charge is 0.267 e. The second-order valence-electron chi connectivity index (χ2n) is 6.38. The maximum atomic E-state index is 13.0. The molecule has 1 saturated heterocycles. The molecule has 28 heavy (non-hydrogen) atoms. The number of halogens is 1. The molecule has 0 bridgehead atoms. The van der Waals surface area contributed by atoms with Crippen molar-refractivity contribution in [2.45, 2.75) is 25.3 Å². The molecule has 1 aliphatic rings. The zero-order chi connectivity index (χ0) is 19.3. The molecule has 3 heterocycles. The first-order valence-electron chi connectivity index (χ1n) is 8.98. The second kappa shape index (κ2) is 8.12. The normalized spacial score (nSPS) is 16.8. The molecule has 1 aliphatic heterocycles. The van der Waals surface area contributed by atoms with E-state index < -0.39 is 0 Å². The Bertz CT molecular complexity index is 932. The van der Waals surface area contributed by atoms with Gasteiger partial charge in [-0.3, -0.25) is 9.78 Å². The van der Waals surface area contributed by atoms with Crippen molar-refractivity contribution in [1.29, 1.82) is 0 Å². The van der Waals surface area contributed by atoms with Crippen LogP contribution < -0.4 is 4.74 Å². The number of hydrogen-bond acceptors (Lipinski definition) is 7. The van der Waals surface area contributed by atoms with Gasteiger partial charge in [-0.2, -0.15) is 0 Å². The molecule has 1 amide bonds. The molecule has 1 aromatic carbocycles. The van der Waals surface area contributed by atoms with Gasteiger partial charge in [-0.1, -0.05) is 0 Å². The summed E-state index contributed by atoms with van der Waals surface area (Å²) in [6, 6.07) is 5.24. The second-order valence-corrected chi connectivity index (χ2v) is 6.38. The van der Waals surface area contributed by atoms with Crippen LogP contribution in [0.5, 0.6) is 5.75 Å². The molecule has 0 N–H and O–H groups in total. The molecule has 4 rings (SSSR count). The Balaban J connectivity index is 1.46. The van der Waals surface area contributed by atoms with Gasteiger partial charge < -0.3 is 14.1 Å². The summed E-state index contributed by atoms with van der Waals surface area (Å²) in [4.78, 5) is 22.5. The van der Waals surface area contributed by atoms with E-state index >= 15 is 0 Å². The van der Waals surface area contributed by atoms with Gasteiger partial charge in [0.15, 0.2) is 6.61 Å². The fourth-order valence-electron chi connectivity index (χ4n) is 3.13. The zero-order valence-corrected chi connectivity index (χ0v) is 15.0. The maximum absolute atomic E-state index is 13.0. The minimum atomic E-state index is -0.356. The van der Waals surface area contributed by atoms with Gasteiger partial charge in [-0.05, 0) is 43.5 Å². The number of hydrogen-bond donors (Lipinski definition) is 0. The lowest BCUT2D eigenvalue weighted by Crippen LogP contribution is -2.41. The van der Waals surface area contributed by atoms with Crippen LogP contribution in [0.3, 0.4) is 0 Å². The first kappa shape index (κ1) is 18.0. The Kier molecular flexibility index (Phi) is 5.22. The molecule has 0 unspecified atom stereocenters. The van der Waals surface area contributed by atoms with Crippen molar-refractivity contribution in [1.82, 2.24) is 25.1 Å². The van der Waals surface area contributed by atoms with Crippen molar-refractivity contribution in [2.24, 2.45) is 0 Å². The summed E-state index contributed by atoms with van der Waals surface area (Å²) in [5.74, 6) is 0.531. The van der Waals surface area contributed by atoms with E-state index in [9.17, 15) is 9.18 Å². The molecular formula is C19H18FN5O3. The molecule has 1 fully saturated rings. The topological polar surface area (TPSA) is 94.2 Å². The predicted molar refractivity (Wildman–Crippen MR) is 95.5 cm³/mol. The van der Waals surface area contributed by atoms with Crippen molar-refractivity contribution < 1.29 is 18.3 Å². The number of nitrogens with zero attached hydrogens (tertiary/aromatic N) is 5. The number of rotatable bonds is 5. The Hall–Kier alpha value is -3.36. The number of carbonyl (C=O) groups excluding carboxylic acids is 1. The van der Waals surface area contributed by atoms with Crippen LogP contribution in [0.4, 0.5) is 4.39 Å². The Morgan fingerprint density at radius 2 is 2.07 bits per heavy atom. The maximum Gasteiger partial charge on any atom is 0.267 e. The number of likely N-dealkylation sites (tertiary alicyclic amines) is 1. The highest BCUT2D eigenvalue weighted by molar-refractivity contribution is 5.78. The number of ether oxygens (including phenoxy) is 1. The van der Waals surface area contributed by atoms with Gasteiger partial charge >= 0.3 is 0 Å². The van der Waals surface area contributed by atoms with Crippen LogP contribution in [-0.4, -0.2) is 44.1 Å². The number of aromatic nitrogens is 4. The van der Waals surface area contributed by atoms with Gasteiger partial charge in [0, 0.05) is 18.9 Å². The van der Waals surface area contributed by atoms with Crippen LogP contribution in [0.25, 0.3) is 11.6 Å². The molecule has 0 radical (unpaired) electrons. The third-order valence-electron chi connectivity index (χ3n) is 4.51. The average Bonchev–Trinajstić information content (AvgIpc) is 3.24. The van der Waals surface area contributed by atoms with E-state index in [0.29, 0.717) is 23.9 Å². The first-order valence-corrected chi connectivity index (χ1v) is 8.98. The van der Waals surface area contributed by atoms with E-state index in [2.05, 4.69) is 20.2 Å². The van der Waals surface area contributed by atoms with E-state index in [1.165, 1.54) is 30.5 Å². The average molecular weight is 383 g/mol. The molecule has 8 nitrogen and oxygen atoms in total. The molecule has 0 spiro atoms. The van der Waals surface area contributed by atoms with Crippen LogP contribution in [0, 0.1) is 5.82 Å². The third kappa shape index (κ3) is 3.98. The molecule has 0 aliphatic carbocycles. The summed E-state index contributed by atoms with van der Waals surface area (Å²) in [5, 5.41) is 8.15. The highest BCUT2D eigenvalue weighted by atomic mass is 19.1. The first-order chi connectivity index (χ1) is 13.7. The standard InChI is InChI=1S/C19H18FN5O3/c20-13-4-6-14(7-5-13)27-12-17(26)25-10-2-1-3-16(25)19-24-23-18(28-19)15-11-21-8-9-22-15/h4-9,11,16H,1-3,10,12H2/t16-/m1/s1. The van der Waals surface area contributed by atoms with E-state index in [0.717, 1.165) is 19.3 Å². The van der Waals surface area contributed by atoms with Crippen molar-refractivity contribution in [3.63, 3.8) is 0 Å². The Morgan fingerprint density at radius 3 is 2.86 bits per heavy atom. The lowest BCUT2D eigenvalue weighted by atomic mass is 10.0. The van der Waals surface area contributed by atoms with Gasteiger partial charge in [-0.15, -0.1) is 10.2 Å². The molecule has 2 aromatic heterocycles. The third-order valence-corrected chi connectivity index (χ3v) is 4.51. The van der Waals surface area contributed by atoms with Crippen molar-refractivity contribution in [3.05, 3.63) is 54.6 Å². The fraction of sp³-hybridized carbons (Fsp3) is 0.316. The minimum absolute atomic E-state index is 0.146. The van der Waals surface area contributed by atoms with Gasteiger partial charge in [0.1, 0.15) is 23.3 Å². The molecule has 1 atom stereocenters. The van der Waals surface area contributed by atoms with Crippen LogP contribution in [0.1, 0.15) is 31.2 Å². The quantitative estimate of drug-likeness (QED) is 0.669. The van der Waals surface area contributed by atoms with Gasteiger partial charge in [0.2, 0.25) is 5.89 Å². The van der Waals surface area contributed by atoms with Gasteiger partial charge in [0.25, 0.3) is 11.8 Å². The SMILES string of the molecule is O=C(COc1ccc(F)cc1)N1CCCC[C@@H]1c1nnc(-c2cnccn2)o1. The molecule has 3 aromatic rings. The summed E-state index contributed by atoms with van der Waals surface area (Å²) < 4.78 is 24.2. The highest BCUT2D eigenvalue weighted by Gasteiger charge is 2.32. The fourth-order valence-corrected chi connectivity index (χ4v) is 3.13. The lowest BCUT2D eigenvalue weighted by Gasteiger charge is -2.33. The minimum Gasteiger partial charge on any atom is -0.484 e. The molecular weight excluding hydrogens is 365 g/mol. The highest BCUT2D eigenvalue weighted by Crippen LogP contribution is 2.31. The van der Waals surface area contributed by atoms with Crippen molar-refractivity contribution >= 4 is 5.91 Å². The van der Waals surface area contributed by atoms with E-state index in [1.807, 2.05) is 0 Å². The largest absolute Gasteiger partial charge is 0.484 e.